The smallest absolute Gasteiger partial charge is 0.101 e. The van der Waals surface area contributed by atoms with E-state index in [0.29, 0.717) is 6.04 Å². The van der Waals surface area contributed by atoms with Crippen molar-refractivity contribution in [2.45, 2.75) is 25.3 Å². The first-order valence-corrected chi connectivity index (χ1v) is 6.49. The molecule has 0 radical (unpaired) electrons. The molecule has 1 aromatic rings. The number of fused-ring (bicyclic) bond motifs is 5. The number of anilines is 1. The van der Waals surface area contributed by atoms with Crippen molar-refractivity contribution in [3.05, 3.63) is 24.0 Å². The van der Waals surface area contributed by atoms with Crippen LogP contribution in [0.4, 0.5) is 5.69 Å². The molecule has 86 valence electrons. The van der Waals surface area contributed by atoms with Crippen LogP contribution in [0.3, 0.4) is 0 Å². The number of nitrogens with one attached hydrogen (secondary N) is 1. The van der Waals surface area contributed by atoms with Gasteiger partial charge in [-0.1, -0.05) is 0 Å². The number of nitrogens with zero attached hydrogens (tertiary/aromatic N) is 2. The summed E-state index contributed by atoms with van der Waals surface area (Å²) in [6, 6.07) is 4.64. The van der Waals surface area contributed by atoms with Gasteiger partial charge in [-0.2, -0.15) is 5.26 Å². The minimum Gasteiger partial charge on any atom is -0.379 e. The van der Waals surface area contributed by atoms with Gasteiger partial charge in [0.1, 0.15) is 6.07 Å². The number of aromatic nitrogens is 1. The van der Waals surface area contributed by atoms with Gasteiger partial charge in [-0.05, 0) is 49.0 Å². The molecule has 17 heavy (non-hydrogen) atoms. The number of hydrogen-bond acceptors (Lipinski definition) is 3. The summed E-state index contributed by atoms with van der Waals surface area (Å²) in [4.78, 5) is 4.11. The second-order valence-electron chi connectivity index (χ2n) is 5.69. The van der Waals surface area contributed by atoms with Gasteiger partial charge in [0.25, 0.3) is 0 Å². The topological polar surface area (TPSA) is 48.7 Å². The lowest BCUT2D eigenvalue weighted by Crippen LogP contribution is -2.13. The second kappa shape index (κ2) is 3.22. The quantitative estimate of drug-likeness (QED) is 0.840. The van der Waals surface area contributed by atoms with Gasteiger partial charge in [-0.25, -0.2) is 0 Å². The van der Waals surface area contributed by atoms with Crippen molar-refractivity contribution in [1.82, 2.24) is 4.98 Å². The molecule has 2 bridgehead atoms. The number of nitriles is 1. The Kier molecular flexibility index (Phi) is 1.80. The lowest BCUT2D eigenvalue weighted by Gasteiger charge is -2.12. The fourth-order valence-corrected chi connectivity index (χ4v) is 4.30. The highest BCUT2D eigenvalue weighted by molar-refractivity contribution is 5.57. The SMILES string of the molecule is N#Cc1ccncc1NC1C2C3CCC(C3)C12. The Morgan fingerprint density at radius 1 is 1.29 bits per heavy atom. The zero-order valence-corrected chi connectivity index (χ0v) is 9.63. The largest absolute Gasteiger partial charge is 0.379 e. The molecule has 0 spiro atoms. The van der Waals surface area contributed by atoms with E-state index in [1.54, 1.807) is 18.5 Å². The maximum Gasteiger partial charge on any atom is 0.101 e. The molecule has 3 nitrogen and oxygen atoms in total. The van der Waals surface area contributed by atoms with Crippen LogP contribution in [0.25, 0.3) is 0 Å². The summed E-state index contributed by atoms with van der Waals surface area (Å²) >= 11 is 0. The van der Waals surface area contributed by atoms with E-state index < -0.39 is 0 Å². The predicted molar refractivity (Wildman–Crippen MR) is 64.2 cm³/mol. The van der Waals surface area contributed by atoms with E-state index in [1.807, 2.05) is 0 Å². The molecule has 0 aliphatic heterocycles. The van der Waals surface area contributed by atoms with Crippen molar-refractivity contribution >= 4 is 5.69 Å². The van der Waals surface area contributed by atoms with Crippen LogP contribution < -0.4 is 5.32 Å². The van der Waals surface area contributed by atoms with Gasteiger partial charge in [0.2, 0.25) is 0 Å². The van der Waals surface area contributed by atoms with Crippen molar-refractivity contribution in [2.75, 3.05) is 5.32 Å². The maximum atomic E-state index is 9.05. The first-order valence-electron chi connectivity index (χ1n) is 6.49. The average Bonchev–Trinajstić information content (AvgIpc) is 2.77. The Balaban J connectivity index is 1.55. The van der Waals surface area contributed by atoms with Crippen LogP contribution in [0.5, 0.6) is 0 Å². The van der Waals surface area contributed by atoms with Crippen LogP contribution in [0, 0.1) is 35.0 Å². The van der Waals surface area contributed by atoms with E-state index in [9.17, 15) is 0 Å². The highest BCUT2D eigenvalue weighted by Crippen LogP contribution is 2.66. The molecule has 3 heteroatoms. The van der Waals surface area contributed by atoms with Crippen molar-refractivity contribution in [3.8, 4) is 6.07 Å². The molecule has 0 aromatic carbocycles. The molecule has 0 saturated heterocycles. The molecular weight excluding hydrogens is 210 g/mol. The minimum absolute atomic E-state index is 0.623. The van der Waals surface area contributed by atoms with Crippen LogP contribution in [0.2, 0.25) is 0 Å². The molecule has 4 atom stereocenters. The van der Waals surface area contributed by atoms with Crippen LogP contribution in [0.1, 0.15) is 24.8 Å². The summed E-state index contributed by atoms with van der Waals surface area (Å²) in [5.41, 5.74) is 1.64. The number of rotatable bonds is 2. The predicted octanol–water partition coefficient (Wildman–Crippen LogP) is 2.41. The maximum absolute atomic E-state index is 9.05. The highest BCUT2D eigenvalue weighted by Gasteiger charge is 2.65. The Morgan fingerprint density at radius 2 is 2.06 bits per heavy atom. The third kappa shape index (κ3) is 1.24. The zero-order chi connectivity index (χ0) is 11.4. The first-order chi connectivity index (χ1) is 8.38. The number of pyridine rings is 1. The van der Waals surface area contributed by atoms with E-state index in [-0.39, 0.29) is 0 Å². The van der Waals surface area contributed by atoms with E-state index >= 15 is 0 Å². The third-order valence-electron chi connectivity index (χ3n) is 5.00. The van der Waals surface area contributed by atoms with Crippen molar-refractivity contribution in [2.24, 2.45) is 23.7 Å². The molecule has 3 saturated carbocycles. The Labute approximate surface area is 101 Å². The van der Waals surface area contributed by atoms with Crippen molar-refractivity contribution < 1.29 is 0 Å². The summed E-state index contributed by atoms with van der Waals surface area (Å²) < 4.78 is 0. The molecule has 3 aliphatic carbocycles. The summed E-state index contributed by atoms with van der Waals surface area (Å²) in [6.45, 7) is 0. The summed E-state index contributed by atoms with van der Waals surface area (Å²) in [5.74, 6) is 3.70. The average molecular weight is 225 g/mol. The van der Waals surface area contributed by atoms with Crippen LogP contribution in [0.15, 0.2) is 18.5 Å². The molecule has 1 aromatic heterocycles. The van der Waals surface area contributed by atoms with E-state index in [2.05, 4.69) is 16.4 Å². The zero-order valence-electron chi connectivity index (χ0n) is 9.63. The molecule has 4 rings (SSSR count). The van der Waals surface area contributed by atoms with Crippen molar-refractivity contribution in [3.63, 3.8) is 0 Å². The Bertz CT molecular complexity index is 488. The standard InChI is InChI=1S/C14H15N3/c15-6-10-3-4-16-7-11(10)17-14-12-8-1-2-9(5-8)13(12)14/h3-4,7-9,12-14,17H,1-2,5H2. The van der Waals surface area contributed by atoms with Crippen LogP contribution in [-0.2, 0) is 0 Å². The third-order valence-corrected chi connectivity index (χ3v) is 5.00. The fraction of sp³-hybridized carbons (Fsp3) is 0.571. The summed E-state index contributed by atoms with van der Waals surface area (Å²) in [6.07, 6.45) is 7.80. The summed E-state index contributed by atoms with van der Waals surface area (Å²) in [7, 11) is 0. The van der Waals surface area contributed by atoms with Crippen molar-refractivity contribution in [1.29, 1.82) is 5.26 Å². The second-order valence-corrected chi connectivity index (χ2v) is 5.69. The van der Waals surface area contributed by atoms with Gasteiger partial charge in [-0.15, -0.1) is 0 Å². The molecular formula is C14H15N3. The molecule has 1 heterocycles. The molecule has 3 fully saturated rings. The molecule has 4 unspecified atom stereocenters. The fourth-order valence-electron chi connectivity index (χ4n) is 4.30. The van der Waals surface area contributed by atoms with Gasteiger partial charge in [-0.3, -0.25) is 4.98 Å². The summed E-state index contributed by atoms with van der Waals surface area (Å²) in [5, 5.41) is 12.6. The van der Waals surface area contributed by atoms with Crippen LogP contribution >= 0.6 is 0 Å². The number of hydrogen-bond donors (Lipinski definition) is 1. The normalized spacial score (nSPS) is 40.8. The van der Waals surface area contributed by atoms with E-state index in [0.717, 1.165) is 34.9 Å². The molecule has 1 N–H and O–H groups in total. The first kappa shape index (κ1) is 9.47. The van der Waals surface area contributed by atoms with Gasteiger partial charge < -0.3 is 5.32 Å². The van der Waals surface area contributed by atoms with Gasteiger partial charge in [0.15, 0.2) is 0 Å². The van der Waals surface area contributed by atoms with Gasteiger partial charge in [0.05, 0.1) is 17.4 Å². The molecule has 3 aliphatic rings. The Morgan fingerprint density at radius 3 is 2.76 bits per heavy atom. The minimum atomic E-state index is 0.623. The Hall–Kier alpha value is -1.56. The monoisotopic (exact) mass is 225 g/mol. The van der Waals surface area contributed by atoms with Gasteiger partial charge >= 0.3 is 0 Å². The molecule has 0 amide bonds. The van der Waals surface area contributed by atoms with E-state index in [4.69, 9.17) is 5.26 Å². The van der Waals surface area contributed by atoms with Gasteiger partial charge in [0, 0.05) is 12.2 Å². The highest BCUT2D eigenvalue weighted by atomic mass is 15.0. The lowest BCUT2D eigenvalue weighted by atomic mass is 10.0. The lowest BCUT2D eigenvalue weighted by molar-refractivity contribution is 0.456. The van der Waals surface area contributed by atoms with E-state index in [1.165, 1.54) is 19.3 Å². The van der Waals surface area contributed by atoms with Crippen LogP contribution in [-0.4, -0.2) is 11.0 Å².